The predicted molar refractivity (Wildman–Crippen MR) is 98.8 cm³/mol. The summed E-state index contributed by atoms with van der Waals surface area (Å²) in [5.74, 6) is 2.64. The summed E-state index contributed by atoms with van der Waals surface area (Å²) in [6.07, 6.45) is 1.38. The van der Waals surface area contributed by atoms with Crippen LogP contribution < -0.4 is 9.64 Å². The zero-order valence-electron chi connectivity index (χ0n) is 15.0. The molecule has 1 N–H and O–H groups in total. The Labute approximate surface area is 145 Å². The zero-order chi connectivity index (χ0) is 16.8. The third-order valence-corrected chi connectivity index (χ3v) is 4.91. The van der Waals surface area contributed by atoms with Gasteiger partial charge in [-0.3, -0.25) is 0 Å². The van der Waals surface area contributed by atoms with Crippen molar-refractivity contribution < 1.29 is 14.4 Å². The highest BCUT2D eigenvalue weighted by atomic mass is 16.5. The van der Waals surface area contributed by atoms with Crippen LogP contribution in [0.5, 0.6) is 5.75 Å². The van der Waals surface area contributed by atoms with Gasteiger partial charge in [0.15, 0.2) is 0 Å². The van der Waals surface area contributed by atoms with Gasteiger partial charge in [0.1, 0.15) is 18.9 Å². The quantitative estimate of drug-likeness (QED) is 0.790. The molecule has 0 radical (unpaired) electrons. The van der Waals surface area contributed by atoms with Crippen molar-refractivity contribution in [1.29, 1.82) is 0 Å². The molecule has 2 aromatic rings. The molecule has 0 aromatic heterocycles. The largest absolute Gasteiger partial charge is 0.491 e. The van der Waals surface area contributed by atoms with Crippen LogP contribution in [0.1, 0.15) is 20.3 Å². The molecule has 1 saturated heterocycles. The predicted octanol–water partition coefficient (Wildman–Crippen LogP) is 2.80. The molecule has 0 amide bonds. The van der Waals surface area contributed by atoms with Gasteiger partial charge < -0.3 is 14.4 Å². The smallest absolute Gasteiger partial charge is 0.127 e. The van der Waals surface area contributed by atoms with E-state index < -0.39 is 0 Å². The second-order valence-corrected chi connectivity index (χ2v) is 7.29. The molecule has 24 heavy (non-hydrogen) atoms. The molecule has 3 rings (SSSR count). The highest BCUT2D eigenvalue weighted by Crippen LogP contribution is 2.24. The minimum absolute atomic E-state index is 0.607. The number of nitrogens with one attached hydrogen (secondary N) is 1. The Morgan fingerprint density at radius 2 is 1.67 bits per heavy atom. The summed E-state index contributed by atoms with van der Waals surface area (Å²) in [6.45, 7) is 10.5. The van der Waals surface area contributed by atoms with E-state index in [-0.39, 0.29) is 0 Å². The summed E-state index contributed by atoms with van der Waals surface area (Å²) < 4.78 is 11.7. The van der Waals surface area contributed by atoms with Crippen LogP contribution in [0.2, 0.25) is 0 Å². The normalized spacial score (nSPS) is 24.2. The first-order valence-electron chi connectivity index (χ1n) is 9.24. The Morgan fingerprint density at radius 1 is 0.917 bits per heavy atom. The lowest BCUT2D eigenvalue weighted by Crippen LogP contribution is -3.14. The van der Waals surface area contributed by atoms with Crippen LogP contribution in [0.15, 0.2) is 42.5 Å². The molecular formula is C21H30NO2+. The van der Waals surface area contributed by atoms with E-state index in [2.05, 4.69) is 44.2 Å². The number of quaternary nitrogens is 1. The summed E-state index contributed by atoms with van der Waals surface area (Å²) >= 11 is 0. The summed E-state index contributed by atoms with van der Waals surface area (Å²) in [5.41, 5.74) is 0. The number of rotatable bonds is 7. The Hall–Kier alpha value is -1.58. The van der Waals surface area contributed by atoms with Gasteiger partial charge in [-0.05, 0) is 17.9 Å². The third-order valence-electron chi connectivity index (χ3n) is 4.91. The minimum Gasteiger partial charge on any atom is -0.491 e. The fraction of sp³-hybridized carbons (Fsp3) is 0.524. The maximum atomic E-state index is 5.91. The van der Waals surface area contributed by atoms with E-state index in [0.717, 1.165) is 30.7 Å². The summed E-state index contributed by atoms with van der Waals surface area (Å²) in [6, 6.07) is 14.5. The molecule has 1 fully saturated rings. The Balaban J connectivity index is 1.37. The Bertz CT molecular complexity index is 627. The number of benzene rings is 2. The van der Waals surface area contributed by atoms with Gasteiger partial charge in [0.2, 0.25) is 0 Å². The molecule has 130 valence electrons. The molecule has 0 saturated carbocycles. The minimum atomic E-state index is 0.607. The van der Waals surface area contributed by atoms with Crippen LogP contribution in [0.25, 0.3) is 10.8 Å². The second kappa shape index (κ2) is 8.50. The molecule has 0 aliphatic carbocycles. The average Bonchev–Trinajstić information content (AvgIpc) is 2.57. The van der Waals surface area contributed by atoms with Crippen LogP contribution in [0.4, 0.5) is 0 Å². The second-order valence-electron chi connectivity index (χ2n) is 7.29. The lowest BCUT2D eigenvalue weighted by Gasteiger charge is -2.31. The summed E-state index contributed by atoms with van der Waals surface area (Å²) in [5, 5.41) is 2.38. The molecule has 3 nitrogen and oxygen atoms in total. The molecule has 3 heteroatoms. The van der Waals surface area contributed by atoms with E-state index in [1.807, 2.05) is 12.1 Å². The maximum absolute atomic E-state index is 5.91. The van der Waals surface area contributed by atoms with Crippen molar-refractivity contribution in [3.8, 4) is 5.75 Å². The SMILES string of the molecule is C[C@@H]1C[C@H](C)C[NH+](CCOCCOc2cccc3ccccc23)C1. The van der Waals surface area contributed by atoms with Crippen LogP contribution in [-0.4, -0.2) is 39.5 Å². The maximum Gasteiger partial charge on any atom is 0.127 e. The molecule has 1 aliphatic rings. The lowest BCUT2D eigenvalue weighted by molar-refractivity contribution is -0.912. The average molecular weight is 328 g/mol. The molecule has 2 aromatic carbocycles. The van der Waals surface area contributed by atoms with Gasteiger partial charge in [-0.25, -0.2) is 0 Å². The van der Waals surface area contributed by atoms with Crippen molar-refractivity contribution in [1.82, 2.24) is 0 Å². The number of hydrogen-bond acceptors (Lipinski definition) is 2. The standard InChI is InChI=1S/C21H29NO2/c1-17-14-18(2)16-22(15-17)10-11-23-12-13-24-21-9-5-7-19-6-3-4-8-20(19)21/h3-9,17-18H,10-16H2,1-2H3/p+1/t17-,18+. The van der Waals surface area contributed by atoms with Crippen molar-refractivity contribution in [2.75, 3.05) is 39.5 Å². The summed E-state index contributed by atoms with van der Waals surface area (Å²) in [7, 11) is 0. The first-order chi connectivity index (χ1) is 11.7. The third kappa shape index (κ3) is 4.71. The van der Waals surface area contributed by atoms with Crippen LogP contribution >= 0.6 is 0 Å². The van der Waals surface area contributed by atoms with Gasteiger partial charge in [-0.15, -0.1) is 0 Å². The monoisotopic (exact) mass is 328 g/mol. The molecule has 1 heterocycles. The molecular weight excluding hydrogens is 298 g/mol. The molecule has 3 atom stereocenters. The van der Waals surface area contributed by atoms with E-state index in [0.29, 0.717) is 13.2 Å². The van der Waals surface area contributed by atoms with Crippen LogP contribution in [-0.2, 0) is 4.74 Å². The molecule has 0 spiro atoms. The van der Waals surface area contributed by atoms with Crippen molar-refractivity contribution in [2.45, 2.75) is 20.3 Å². The highest BCUT2D eigenvalue weighted by Gasteiger charge is 2.24. The van der Waals surface area contributed by atoms with E-state index in [4.69, 9.17) is 9.47 Å². The van der Waals surface area contributed by atoms with E-state index >= 15 is 0 Å². The van der Waals surface area contributed by atoms with Crippen molar-refractivity contribution in [3.05, 3.63) is 42.5 Å². The van der Waals surface area contributed by atoms with Gasteiger partial charge >= 0.3 is 0 Å². The highest BCUT2D eigenvalue weighted by molar-refractivity contribution is 5.88. The van der Waals surface area contributed by atoms with Gasteiger partial charge in [0, 0.05) is 17.2 Å². The van der Waals surface area contributed by atoms with E-state index in [1.54, 1.807) is 4.90 Å². The van der Waals surface area contributed by atoms with Gasteiger partial charge in [-0.2, -0.15) is 0 Å². The number of fused-ring (bicyclic) bond motifs is 1. The Kier molecular flexibility index (Phi) is 6.11. The summed E-state index contributed by atoms with van der Waals surface area (Å²) in [4.78, 5) is 1.69. The topological polar surface area (TPSA) is 22.9 Å². The van der Waals surface area contributed by atoms with E-state index in [9.17, 15) is 0 Å². The number of hydrogen-bond donors (Lipinski definition) is 1. The lowest BCUT2D eigenvalue weighted by atomic mass is 9.92. The fourth-order valence-corrected chi connectivity index (χ4v) is 3.98. The molecule has 0 bridgehead atoms. The van der Waals surface area contributed by atoms with Gasteiger partial charge in [0.05, 0.1) is 26.3 Å². The van der Waals surface area contributed by atoms with Crippen LogP contribution in [0, 0.1) is 11.8 Å². The zero-order valence-corrected chi connectivity index (χ0v) is 15.0. The van der Waals surface area contributed by atoms with Gasteiger partial charge in [-0.1, -0.05) is 50.2 Å². The number of piperidine rings is 1. The molecule has 1 unspecified atom stereocenters. The van der Waals surface area contributed by atoms with E-state index in [1.165, 1.54) is 30.3 Å². The van der Waals surface area contributed by atoms with Crippen molar-refractivity contribution in [3.63, 3.8) is 0 Å². The Morgan fingerprint density at radius 3 is 2.50 bits per heavy atom. The first kappa shape index (κ1) is 17.2. The fourth-order valence-electron chi connectivity index (χ4n) is 3.98. The number of ether oxygens (including phenoxy) is 2. The van der Waals surface area contributed by atoms with Crippen molar-refractivity contribution in [2.24, 2.45) is 11.8 Å². The molecule has 1 aliphatic heterocycles. The number of likely N-dealkylation sites (tertiary alicyclic amines) is 1. The van der Waals surface area contributed by atoms with Crippen molar-refractivity contribution >= 4 is 10.8 Å². The first-order valence-corrected chi connectivity index (χ1v) is 9.24. The van der Waals surface area contributed by atoms with Crippen LogP contribution in [0.3, 0.4) is 0 Å². The van der Waals surface area contributed by atoms with Gasteiger partial charge in [0.25, 0.3) is 0 Å².